The highest BCUT2D eigenvalue weighted by atomic mass is 19.4. The number of hydrogen-bond donors (Lipinski definition) is 3. The summed E-state index contributed by atoms with van der Waals surface area (Å²) in [6.07, 6.45) is -4.95. The molecule has 0 spiro atoms. The van der Waals surface area contributed by atoms with Crippen LogP contribution >= 0.6 is 0 Å². The number of alkyl halides is 3. The van der Waals surface area contributed by atoms with Crippen LogP contribution in [0.25, 0.3) is 0 Å². The van der Waals surface area contributed by atoms with E-state index in [0.717, 1.165) is 0 Å². The van der Waals surface area contributed by atoms with Crippen LogP contribution in [0.3, 0.4) is 0 Å². The molecule has 1 aromatic rings. The summed E-state index contributed by atoms with van der Waals surface area (Å²) in [6.45, 7) is 1.28. The lowest BCUT2D eigenvalue weighted by molar-refractivity contribution is -0.213. The normalized spacial score (nSPS) is 22.8. The third-order valence-electron chi connectivity index (χ3n) is 3.62. The Morgan fingerprint density at radius 1 is 1.45 bits per heavy atom. The molecule has 1 aliphatic heterocycles. The molecule has 3 N–H and O–H groups in total. The Balaban J connectivity index is 2.29. The summed E-state index contributed by atoms with van der Waals surface area (Å²) in [7, 11) is 0. The van der Waals surface area contributed by atoms with Gasteiger partial charge < -0.3 is 15.7 Å². The molecule has 20 heavy (non-hydrogen) atoms. The Labute approximate surface area is 114 Å². The van der Waals surface area contributed by atoms with Crippen molar-refractivity contribution in [1.29, 1.82) is 0 Å². The number of phenolic OH excluding ortho intramolecular Hbond substituents is 1. The van der Waals surface area contributed by atoms with Gasteiger partial charge >= 0.3 is 6.18 Å². The van der Waals surface area contributed by atoms with Crippen LogP contribution in [0.4, 0.5) is 18.9 Å². The largest absolute Gasteiger partial charge is 0.505 e. The number of benzene rings is 1. The molecule has 1 amide bonds. The Morgan fingerprint density at radius 2 is 2.15 bits per heavy atom. The molecule has 0 aromatic heterocycles. The van der Waals surface area contributed by atoms with E-state index < -0.39 is 24.0 Å². The average molecular weight is 288 g/mol. The summed E-state index contributed by atoms with van der Waals surface area (Å²) in [6, 6.07) is 4.52. The molecule has 0 bridgehead atoms. The van der Waals surface area contributed by atoms with Gasteiger partial charge in [-0.15, -0.1) is 0 Å². The highest BCUT2D eigenvalue weighted by Gasteiger charge is 2.61. The zero-order valence-corrected chi connectivity index (χ0v) is 10.8. The van der Waals surface area contributed by atoms with Crippen molar-refractivity contribution < 1.29 is 23.1 Å². The lowest BCUT2D eigenvalue weighted by atomic mass is 9.85. The number of rotatable bonds is 2. The van der Waals surface area contributed by atoms with Crippen LogP contribution in [0.15, 0.2) is 18.2 Å². The van der Waals surface area contributed by atoms with Gasteiger partial charge in [-0.25, -0.2) is 0 Å². The Kier molecular flexibility index (Phi) is 3.64. The van der Waals surface area contributed by atoms with Crippen molar-refractivity contribution in [3.05, 3.63) is 23.8 Å². The zero-order valence-electron chi connectivity index (χ0n) is 10.8. The molecule has 1 fully saturated rings. The number of aryl methyl sites for hydroxylation is 1. The molecule has 0 aliphatic carbocycles. The number of hydrogen-bond acceptors (Lipinski definition) is 3. The molecule has 0 saturated carbocycles. The number of halogens is 3. The first-order valence-corrected chi connectivity index (χ1v) is 6.15. The maximum absolute atomic E-state index is 13.2. The molecular formula is C13H15F3N2O2. The number of para-hydroxylation sites is 1. The number of aromatic hydroxyl groups is 1. The molecule has 1 heterocycles. The van der Waals surface area contributed by atoms with Crippen molar-refractivity contribution in [2.75, 3.05) is 18.4 Å². The molecule has 1 aromatic carbocycles. The second-order valence-corrected chi connectivity index (χ2v) is 4.93. The van der Waals surface area contributed by atoms with E-state index in [1.807, 2.05) is 0 Å². The minimum atomic E-state index is -4.64. The Bertz CT molecular complexity index is 523. The lowest BCUT2D eigenvalue weighted by Crippen LogP contribution is -2.49. The Hall–Kier alpha value is -1.76. The second-order valence-electron chi connectivity index (χ2n) is 4.93. The Morgan fingerprint density at radius 3 is 2.70 bits per heavy atom. The molecule has 1 unspecified atom stereocenters. The molecule has 2 rings (SSSR count). The van der Waals surface area contributed by atoms with Crippen molar-refractivity contribution >= 4 is 11.6 Å². The van der Waals surface area contributed by atoms with Gasteiger partial charge in [-0.3, -0.25) is 4.79 Å². The first kappa shape index (κ1) is 14.6. The summed E-state index contributed by atoms with van der Waals surface area (Å²) in [5, 5.41) is 14.5. The van der Waals surface area contributed by atoms with E-state index in [0.29, 0.717) is 5.56 Å². The standard InChI is InChI=1S/C13H15F3N2O2/c1-8-3-2-4-9(10(8)19)18-11(20)12(13(14,15)16)5-6-17-7-12/h2-4,17,19H,5-7H2,1H3,(H,18,20). The van der Waals surface area contributed by atoms with Crippen molar-refractivity contribution in [2.24, 2.45) is 5.41 Å². The smallest absolute Gasteiger partial charge is 0.404 e. The van der Waals surface area contributed by atoms with Crippen molar-refractivity contribution in [1.82, 2.24) is 5.32 Å². The summed E-state index contributed by atoms with van der Waals surface area (Å²) in [5.74, 6) is -1.36. The van der Waals surface area contributed by atoms with E-state index in [2.05, 4.69) is 10.6 Å². The van der Waals surface area contributed by atoms with Crippen LogP contribution < -0.4 is 10.6 Å². The quantitative estimate of drug-likeness (QED) is 0.731. The van der Waals surface area contributed by atoms with Crippen LogP contribution in [0.5, 0.6) is 5.75 Å². The van der Waals surface area contributed by atoms with E-state index >= 15 is 0 Å². The topological polar surface area (TPSA) is 61.4 Å². The maximum atomic E-state index is 13.2. The number of amides is 1. The fourth-order valence-electron chi connectivity index (χ4n) is 2.26. The van der Waals surface area contributed by atoms with Crippen molar-refractivity contribution in [3.63, 3.8) is 0 Å². The summed E-state index contributed by atoms with van der Waals surface area (Å²) in [5.41, 5.74) is -1.97. The van der Waals surface area contributed by atoms with Gasteiger partial charge in [-0.2, -0.15) is 13.2 Å². The van der Waals surface area contributed by atoms with Crippen LogP contribution in [-0.2, 0) is 4.79 Å². The number of nitrogens with one attached hydrogen (secondary N) is 2. The zero-order chi connectivity index (χ0) is 15.0. The number of carbonyl (C=O) groups is 1. The van der Waals surface area contributed by atoms with Crippen LogP contribution in [0.2, 0.25) is 0 Å². The number of phenols is 1. The fraction of sp³-hybridized carbons (Fsp3) is 0.462. The molecule has 1 atom stereocenters. The van der Waals surface area contributed by atoms with E-state index in [1.165, 1.54) is 6.07 Å². The summed E-state index contributed by atoms with van der Waals surface area (Å²) >= 11 is 0. The van der Waals surface area contributed by atoms with Gasteiger partial charge in [0.25, 0.3) is 0 Å². The second kappa shape index (κ2) is 4.97. The van der Waals surface area contributed by atoms with Crippen LogP contribution in [-0.4, -0.2) is 30.3 Å². The van der Waals surface area contributed by atoms with Gasteiger partial charge in [-0.1, -0.05) is 12.1 Å². The van der Waals surface area contributed by atoms with E-state index in [1.54, 1.807) is 19.1 Å². The van der Waals surface area contributed by atoms with E-state index in [4.69, 9.17) is 0 Å². The SMILES string of the molecule is Cc1cccc(NC(=O)C2(C(F)(F)F)CCNC2)c1O. The van der Waals surface area contributed by atoms with Crippen LogP contribution in [0, 0.1) is 12.3 Å². The van der Waals surface area contributed by atoms with Gasteiger partial charge in [0.15, 0.2) is 5.41 Å². The molecule has 110 valence electrons. The van der Waals surface area contributed by atoms with Crippen molar-refractivity contribution in [3.8, 4) is 5.75 Å². The minimum absolute atomic E-state index is 0.00877. The first-order chi connectivity index (χ1) is 9.28. The number of carbonyl (C=O) groups excluding carboxylic acids is 1. The van der Waals surface area contributed by atoms with Crippen molar-refractivity contribution in [2.45, 2.75) is 19.5 Å². The predicted octanol–water partition coefficient (Wildman–Crippen LogP) is 2.18. The van der Waals surface area contributed by atoms with Crippen LogP contribution in [0.1, 0.15) is 12.0 Å². The lowest BCUT2D eigenvalue weighted by Gasteiger charge is -2.29. The van der Waals surface area contributed by atoms with Gasteiger partial charge in [-0.05, 0) is 31.5 Å². The molecule has 0 radical (unpaired) electrons. The number of anilines is 1. The third kappa shape index (κ3) is 2.33. The minimum Gasteiger partial charge on any atom is -0.505 e. The van der Waals surface area contributed by atoms with Gasteiger partial charge in [0, 0.05) is 6.54 Å². The average Bonchev–Trinajstić information content (AvgIpc) is 2.85. The fourth-order valence-corrected chi connectivity index (χ4v) is 2.26. The molecule has 1 aliphatic rings. The van der Waals surface area contributed by atoms with Gasteiger partial charge in [0.1, 0.15) is 5.75 Å². The first-order valence-electron chi connectivity index (χ1n) is 6.15. The molecule has 4 nitrogen and oxygen atoms in total. The molecule has 7 heteroatoms. The monoisotopic (exact) mass is 288 g/mol. The highest BCUT2D eigenvalue weighted by Crippen LogP contribution is 2.44. The predicted molar refractivity (Wildman–Crippen MR) is 67.4 cm³/mol. The molecular weight excluding hydrogens is 273 g/mol. The third-order valence-corrected chi connectivity index (χ3v) is 3.62. The maximum Gasteiger partial charge on any atom is 0.404 e. The summed E-state index contributed by atoms with van der Waals surface area (Å²) < 4.78 is 39.6. The summed E-state index contributed by atoms with van der Waals surface area (Å²) in [4.78, 5) is 12.1. The molecule has 1 saturated heterocycles. The van der Waals surface area contributed by atoms with E-state index in [-0.39, 0.29) is 24.4 Å². The van der Waals surface area contributed by atoms with E-state index in [9.17, 15) is 23.1 Å². The highest BCUT2D eigenvalue weighted by molar-refractivity contribution is 5.97. The van der Waals surface area contributed by atoms with Gasteiger partial charge in [0.2, 0.25) is 5.91 Å². The van der Waals surface area contributed by atoms with Gasteiger partial charge in [0.05, 0.1) is 5.69 Å².